The summed E-state index contributed by atoms with van der Waals surface area (Å²) in [6.45, 7) is 2.68. The third kappa shape index (κ3) is 5.84. The molecule has 3 rings (SSSR count). The van der Waals surface area contributed by atoms with Crippen molar-refractivity contribution in [2.75, 3.05) is 46.4 Å². The monoisotopic (exact) mass is 546 g/mol. The maximum absolute atomic E-state index is 5.56. The molecule has 0 amide bonds. The number of methoxy groups -OCH3 is 3. The molecule has 1 aromatic heterocycles. The van der Waals surface area contributed by atoms with Gasteiger partial charge in [-0.1, -0.05) is 0 Å². The van der Waals surface area contributed by atoms with E-state index in [1.54, 1.807) is 39.7 Å². The summed E-state index contributed by atoms with van der Waals surface area (Å²) in [5, 5.41) is 10.4. The minimum absolute atomic E-state index is 0. The number of ether oxygens (including phenoxy) is 3. The molecule has 30 heavy (non-hydrogen) atoms. The van der Waals surface area contributed by atoms with Gasteiger partial charge in [-0.3, -0.25) is 4.99 Å². The van der Waals surface area contributed by atoms with Gasteiger partial charge in [0.1, 0.15) is 0 Å². The molecule has 1 aliphatic rings. The highest BCUT2D eigenvalue weighted by Crippen LogP contribution is 2.39. The molecular formula is C21H31IN4O3S. The van der Waals surface area contributed by atoms with E-state index in [0.717, 1.165) is 37.5 Å². The highest BCUT2D eigenvalue weighted by molar-refractivity contribution is 14.0. The number of hydrogen-bond donors (Lipinski definition) is 2. The molecule has 0 radical (unpaired) electrons. The number of benzene rings is 1. The maximum atomic E-state index is 5.56. The lowest BCUT2D eigenvalue weighted by molar-refractivity contribution is 0.322. The molecule has 2 heterocycles. The van der Waals surface area contributed by atoms with Crippen LogP contribution in [-0.4, -0.2) is 53.5 Å². The number of hydrogen-bond acceptors (Lipinski definition) is 6. The molecule has 2 aromatic rings. The Morgan fingerprint density at radius 1 is 1.10 bits per heavy atom. The average molecular weight is 546 g/mol. The van der Waals surface area contributed by atoms with Crippen molar-refractivity contribution < 1.29 is 14.2 Å². The van der Waals surface area contributed by atoms with E-state index in [-0.39, 0.29) is 24.0 Å². The zero-order chi connectivity index (χ0) is 20.6. The molecule has 0 unspecified atom stereocenters. The van der Waals surface area contributed by atoms with Crippen molar-refractivity contribution in [1.29, 1.82) is 0 Å². The molecule has 0 atom stereocenters. The Kier molecular flexibility index (Phi) is 9.83. The van der Waals surface area contributed by atoms with Crippen LogP contribution in [-0.2, 0) is 6.54 Å². The molecule has 0 spiro atoms. The number of nitrogens with zero attached hydrogens (tertiary/aromatic N) is 2. The van der Waals surface area contributed by atoms with E-state index in [1.165, 1.54) is 5.00 Å². The van der Waals surface area contributed by atoms with Crippen molar-refractivity contribution in [2.24, 2.45) is 4.99 Å². The van der Waals surface area contributed by atoms with Gasteiger partial charge >= 0.3 is 0 Å². The number of thiophene rings is 1. The van der Waals surface area contributed by atoms with Gasteiger partial charge in [-0.2, -0.15) is 0 Å². The SMILES string of the molecule is CN=C(NCc1ccc(OC)c(OC)c1OC)NC1CCN(c2cccs2)CC1.I. The summed E-state index contributed by atoms with van der Waals surface area (Å²) < 4.78 is 16.4. The molecule has 1 fully saturated rings. The summed E-state index contributed by atoms with van der Waals surface area (Å²) in [7, 11) is 6.66. The molecular weight excluding hydrogens is 515 g/mol. The fraction of sp³-hybridized carbons (Fsp3) is 0.476. The van der Waals surface area contributed by atoms with Crippen LogP contribution in [0.2, 0.25) is 0 Å². The van der Waals surface area contributed by atoms with E-state index in [0.29, 0.717) is 29.8 Å². The molecule has 7 nitrogen and oxygen atoms in total. The second-order valence-corrected chi connectivity index (χ2v) is 7.70. The zero-order valence-corrected chi connectivity index (χ0v) is 21.1. The average Bonchev–Trinajstić information content (AvgIpc) is 3.31. The first kappa shape index (κ1) is 24.4. The Balaban J connectivity index is 0.00000320. The van der Waals surface area contributed by atoms with Crippen LogP contribution in [0, 0.1) is 0 Å². The Morgan fingerprint density at radius 3 is 2.40 bits per heavy atom. The van der Waals surface area contributed by atoms with Crippen molar-refractivity contribution >= 4 is 46.3 Å². The predicted octanol–water partition coefficient (Wildman–Crippen LogP) is 3.73. The van der Waals surface area contributed by atoms with Crippen molar-refractivity contribution in [3.05, 3.63) is 35.2 Å². The third-order valence-corrected chi connectivity index (χ3v) is 6.04. The van der Waals surface area contributed by atoms with Crippen molar-refractivity contribution in [2.45, 2.75) is 25.4 Å². The number of piperidine rings is 1. The summed E-state index contributed by atoms with van der Waals surface area (Å²) in [6.07, 6.45) is 2.16. The molecule has 166 valence electrons. The Bertz CT molecular complexity index is 809. The van der Waals surface area contributed by atoms with E-state index >= 15 is 0 Å². The lowest BCUT2D eigenvalue weighted by Crippen LogP contribution is -2.48. The smallest absolute Gasteiger partial charge is 0.203 e. The first-order chi connectivity index (χ1) is 14.2. The molecule has 0 aliphatic carbocycles. The largest absolute Gasteiger partial charge is 0.493 e. The second kappa shape index (κ2) is 12.1. The van der Waals surface area contributed by atoms with Crippen LogP contribution in [0.5, 0.6) is 17.2 Å². The number of guanidine groups is 1. The highest BCUT2D eigenvalue weighted by Gasteiger charge is 2.21. The van der Waals surface area contributed by atoms with Gasteiger partial charge in [0.2, 0.25) is 5.75 Å². The Hall–Kier alpha value is -1.88. The van der Waals surface area contributed by atoms with E-state index in [9.17, 15) is 0 Å². The minimum atomic E-state index is 0. The molecule has 1 saturated heterocycles. The van der Waals surface area contributed by atoms with E-state index in [1.807, 2.05) is 12.1 Å². The first-order valence-electron chi connectivity index (χ1n) is 9.73. The summed E-state index contributed by atoms with van der Waals surface area (Å²) in [5.41, 5.74) is 0.973. The van der Waals surface area contributed by atoms with Gasteiger partial charge in [0.15, 0.2) is 17.5 Å². The maximum Gasteiger partial charge on any atom is 0.203 e. The Morgan fingerprint density at radius 2 is 1.83 bits per heavy atom. The molecule has 1 aliphatic heterocycles. The highest BCUT2D eigenvalue weighted by atomic mass is 127. The summed E-state index contributed by atoms with van der Waals surface area (Å²) in [4.78, 5) is 6.84. The topological polar surface area (TPSA) is 67.4 Å². The van der Waals surface area contributed by atoms with Gasteiger partial charge in [-0.05, 0) is 42.5 Å². The normalized spacial score (nSPS) is 14.7. The van der Waals surface area contributed by atoms with Crippen LogP contribution >= 0.6 is 35.3 Å². The fourth-order valence-corrected chi connectivity index (χ4v) is 4.35. The molecule has 1 aromatic carbocycles. The lowest BCUT2D eigenvalue weighted by atomic mass is 10.1. The van der Waals surface area contributed by atoms with Crippen LogP contribution in [0.3, 0.4) is 0 Å². The fourth-order valence-electron chi connectivity index (χ4n) is 3.56. The van der Waals surface area contributed by atoms with E-state index in [2.05, 4.69) is 38.0 Å². The number of aliphatic imine (C=N–C) groups is 1. The van der Waals surface area contributed by atoms with Crippen LogP contribution in [0.1, 0.15) is 18.4 Å². The van der Waals surface area contributed by atoms with Crippen LogP contribution in [0.4, 0.5) is 5.00 Å². The quantitative estimate of drug-likeness (QED) is 0.314. The summed E-state index contributed by atoms with van der Waals surface area (Å²) in [5.74, 6) is 2.70. The number of anilines is 1. The van der Waals surface area contributed by atoms with Crippen LogP contribution < -0.4 is 29.7 Å². The molecule has 2 N–H and O–H groups in total. The molecule has 0 bridgehead atoms. The lowest BCUT2D eigenvalue weighted by Gasteiger charge is -2.33. The van der Waals surface area contributed by atoms with E-state index in [4.69, 9.17) is 14.2 Å². The number of rotatable bonds is 7. The van der Waals surface area contributed by atoms with E-state index < -0.39 is 0 Å². The summed E-state index contributed by atoms with van der Waals surface area (Å²) >= 11 is 1.80. The van der Waals surface area contributed by atoms with Crippen LogP contribution in [0.15, 0.2) is 34.6 Å². The van der Waals surface area contributed by atoms with Gasteiger partial charge in [0, 0.05) is 38.3 Å². The van der Waals surface area contributed by atoms with Gasteiger partial charge < -0.3 is 29.7 Å². The van der Waals surface area contributed by atoms with Gasteiger partial charge in [0.05, 0.1) is 26.3 Å². The first-order valence-corrected chi connectivity index (χ1v) is 10.6. The van der Waals surface area contributed by atoms with Crippen molar-refractivity contribution in [1.82, 2.24) is 10.6 Å². The van der Waals surface area contributed by atoms with Crippen LogP contribution in [0.25, 0.3) is 0 Å². The molecule has 0 saturated carbocycles. The predicted molar refractivity (Wildman–Crippen MR) is 134 cm³/mol. The zero-order valence-electron chi connectivity index (χ0n) is 17.9. The standard InChI is InChI=1S/C21H30N4O3S.HI/c1-22-21(24-16-9-11-25(12-10-16)18-6-5-13-29-18)23-14-15-7-8-17(26-2)20(28-4)19(15)27-3;/h5-8,13,16H,9-12,14H2,1-4H3,(H2,22,23,24);1H. The van der Waals surface area contributed by atoms with Gasteiger partial charge in [0.25, 0.3) is 0 Å². The number of halogens is 1. The minimum Gasteiger partial charge on any atom is -0.493 e. The molecule has 9 heteroatoms. The van der Waals surface area contributed by atoms with Gasteiger partial charge in [-0.15, -0.1) is 35.3 Å². The number of nitrogens with one attached hydrogen (secondary N) is 2. The van der Waals surface area contributed by atoms with Crippen molar-refractivity contribution in [3.8, 4) is 17.2 Å². The Labute approximate surface area is 199 Å². The third-order valence-electron chi connectivity index (χ3n) is 5.11. The van der Waals surface area contributed by atoms with Crippen molar-refractivity contribution in [3.63, 3.8) is 0 Å². The van der Waals surface area contributed by atoms with Gasteiger partial charge in [-0.25, -0.2) is 0 Å². The second-order valence-electron chi connectivity index (χ2n) is 6.78. The summed E-state index contributed by atoms with van der Waals surface area (Å²) in [6, 6.07) is 8.56.